The molecule has 0 fully saturated rings. The number of hydrogen-bond donors (Lipinski definition) is 0. The quantitative estimate of drug-likeness (QED) is 0.780. The van der Waals surface area contributed by atoms with Crippen LogP contribution in [0.3, 0.4) is 0 Å². The maximum Gasteiger partial charge on any atom is 0.211 e. The second-order valence-electron chi connectivity index (χ2n) is 4.06. The Hall–Kier alpha value is -2.37. The van der Waals surface area contributed by atoms with E-state index in [1.807, 2.05) is 0 Å². The van der Waals surface area contributed by atoms with Gasteiger partial charge in [0.1, 0.15) is 0 Å². The van der Waals surface area contributed by atoms with Crippen molar-refractivity contribution in [1.29, 1.82) is 0 Å². The van der Waals surface area contributed by atoms with Gasteiger partial charge in [0, 0.05) is 24.8 Å². The van der Waals surface area contributed by atoms with E-state index >= 15 is 0 Å². The number of carbonyl (C=O) groups excluding carboxylic acids is 1. The minimum Gasteiger partial charge on any atom is -0.293 e. The monoisotopic (exact) mass is 264 g/mol. The molecule has 19 heavy (non-hydrogen) atoms. The second kappa shape index (κ2) is 4.72. The Morgan fingerprint density at radius 1 is 1.21 bits per heavy atom. The number of ketones is 1. The van der Waals surface area contributed by atoms with E-state index in [1.165, 1.54) is 23.7 Å². The normalized spacial score (nSPS) is 10.5. The van der Waals surface area contributed by atoms with Crippen LogP contribution in [0, 0.1) is 18.6 Å². The molecule has 0 aliphatic heterocycles. The topological polar surface area (TPSA) is 52.0 Å². The van der Waals surface area contributed by atoms with Crippen LogP contribution in [0.4, 0.5) is 8.78 Å². The number of aromatic nitrogens is 2. The Morgan fingerprint density at radius 2 is 1.89 bits per heavy atom. The Kier molecular flexibility index (Phi) is 3.25. The lowest BCUT2D eigenvalue weighted by molar-refractivity contribution is 0.101. The van der Waals surface area contributed by atoms with Gasteiger partial charge < -0.3 is 0 Å². The first-order chi connectivity index (χ1) is 8.90. The lowest BCUT2D eigenvalue weighted by Crippen LogP contribution is -2.21. The molecule has 0 saturated carbocycles. The van der Waals surface area contributed by atoms with Crippen molar-refractivity contribution in [1.82, 2.24) is 9.78 Å². The number of benzene rings is 1. The Labute approximate surface area is 107 Å². The molecule has 0 aliphatic carbocycles. The first-order valence-corrected chi connectivity index (χ1v) is 5.47. The van der Waals surface area contributed by atoms with Gasteiger partial charge in [-0.15, -0.1) is 0 Å². The molecule has 0 saturated heterocycles. The van der Waals surface area contributed by atoms with E-state index in [2.05, 4.69) is 5.10 Å². The van der Waals surface area contributed by atoms with Gasteiger partial charge in [0.2, 0.25) is 5.43 Å². The molecule has 2 rings (SSSR count). The van der Waals surface area contributed by atoms with Crippen LogP contribution in [0.5, 0.6) is 0 Å². The third-order valence-corrected chi connectivity index (χ3v) is 2.59. The van der Waals surface area contributed by atoms with Crippen LogP contribution in [0.2, 0.25) is 0 Å². The zero-order valence-corrected chi connectivity index (χ0v) is 10.3. The van der Waals surface area contributed by atoms with Crippen molar-refractivity contribution in [3.05, 3.63) is 57.5 Å². The van der Waals surface area contributed by atoms with Gasteiger partial charge in [-0.1, -0.05) is 0 Å². The minimum absolute atomic E-state index is 0.235. The lowest BCUT2D eigenvalue weighted by Gasteiger charge is -2.10. The van der Waals surface area contributed by atoms with Crippen molar-refractivity contribution >= 4 is 5.78 Å². The molecule has 0 spiro atoms. The first kappa shape index (κ1) is 13.1. The summed E-state index contributed by atoms with van der Waals surface area (Å²) in [6, 6.07) is 4.44. The van der Waals surface area contributed by atoms with E-state index in [-0.39, 0.29) is 11.4 Å². The fourth-order valence-electron chi connectivity index (χ4n) is 1.67. The number of aryl methyl sites for hydroxylation is 1. The summed E-state index contributed by atoms with van der Waals surface area (Å²) in [5.41, 5.74) is -0.0842. The van der Waals surface area contributed by atoms with Gasteiger partial charge >= 0.3 is 0 Å². The average molecular weight is 264 g/mol. The zero-order chi connectivity index (χ0) is 14.2. The highest BCUT2D eigenvalue weighted by atomic mass is 19.2. The largest absolute Gasteiger partial charge is 0.293 e. The van der Waals surface area contributed by atoms with Crippen molar-refractivity contribution in [2.24, 2.45) is 0 Å². The molecule has 4 nitrogen and oxygen atoms in total. The van der Waals surface area contributed by atoms with Crippen LogP contribution in [0.15, 0.2) is 29.1 Å². The van der Waals surface area contributed by atoms with Gasteiger partial charge in [-0.3, -0.25) is 9.59 Å². The second-order valence-corrected chi connectivity index (χ2v) is 4.06. The Morgan fingerprint density at radius 3 is 2.47 bits per heavy atom. The fraction of sp³-hybridized carbons (Fsp3) is 0.154. The molecule has 1 aromatic carbocycles. The molecular formula is C13H10F2N2O2. The van der Waals surface area contributed by atoms with Gasteiger partial charge in [0.15, 0.2) is 23.1 Å². The highest BCUT2D eigenvalue weighted by molar-refractivity contribution is 5.91. The molecular weight excluding hydrogens is 254 g/mol. The number of nitrogens with zero attached hydrogens (tertiary/aromatic N) is 2. The summed E-state index contributed by atoms with van der Waals surface area (Å²) in [6.07, 6.45) is 0. The summed E-state index contributed by atoms with van der Waals surface area (Å²) in [6.45, 7) is 2.80. The van der Waals surface area contributed by atoms with Crippen LogP contribution >= 0.6 is 0 Å². The molecule has 0 N–H and O–H groups in total. The molecule has 0 aliphatic rings. The molecule has 0 bridgehead atoms. The van der Waals surface area contributed by atoms with Gasteiger partial charge in [0.05, 0.1) is 5.69 Å². The van der Waals surface area contributed by atoms with Crippen LogP contribution in [-0.2, 0) is 0 Å². The number of Topliss-reactive ketones (excluding diaryl/α,β-unsaturated/α-hetero) is 1. The fourth-order valence-corrected chi connectivity index (χ4v) is 1.67. The number of carbonyl (C=O) groups is 1. The van der Waals surface area contributed by atoms with Gasteiger partial charge in [-0.2, -0.15) is 5.10 Å². The smallest absolute Gasteiger partial charge is 0.211 e. The molecule has 0 unspecified atom stereocenters. The summed E-state index contributed by atoms with van der Waals surface area (Å²) in [5.74, 6) is -2.49. The number of halogens is 2. The summed E-state index contributed by atoms with van der Waals surface area (Å²) in [7, 11) is 0. The van der Waals surface area contributed by atoms with Crippen LogP contribution in [0.1, 0.15) is 23.1 Å². The molecule has 0 amide bonds. The molecule has 0 radical (unpaired) electrons. The van der Waals surface area contributed by atoms with E-state index < -0.39 is 22.8 Å². The van der Waals surface area contributed by atoms with Gasteiger partial charge in [-0.05, 0) is 19.1 Å². The number of hydrogen-bond acceptors (Lipinski definition) is 3. The van der Waals surface area contributed by atoms with Crippen LogP contribution < -0.4 is 5.43 Å². The van der Waals surface area contributed by atoms with Gasteiger partial charge in [-0.25, -0.2) is 13.5 Å². The first-order valence-electron chi connectivity index (χ1n) is 5.47. The van der Waals surface area contributed by atoms with Crippen LogP contribution in [0.25, 0.3) is 5.69 Å². The maximum atomic E-state index is 13.2. The highest BCUT2D eigenvalue weighted by Crippen LogP contribution is 2.13. The lowest BCUT2D eigenvalue weighted by atomic mass is 10.2. The molecule has 1 aromatic heterocycles. The molecule has 2 aromatic rings. The highest BCUT2D eigenvalue weighted by Gasteiger charge is 2.12. The van der Waals surface area contributed by atoms with E-state index in [4.69, 9.17) is 0 Å². The summed E-state index contributed by atoms with van der Waals surface area (Å²) < 4.78 is 27.3. The summed E-state index contributed by atoms with van der Waals surface area (Å²) in [4.78, 5) is 22.8. The minimum atomic E-state index is -1.03. The third-order valence-electron chi connectivity index (χ3n) is 2.59. The van der Waals surface area contributed by atoms with Gasteiger partial charge in [0.25, 0.3) is 0 Å². The average Bonchev–Trinajstić information content (AvgIpc) is 2.32. The summed E-state index contributed by atoms with van der Waals surface area (Å²) in [5, 5.41) is 3.88. The van der Waals surface area contributed by atoms with E-state index in [0.29, 0.717) is 5.69 Å². The van der Waals surface area contributed by atoms with E-state index in [1.54, 1.807) is 6.92 Å². The maximum absolute atomic E-state index is 13.2. The predicted octanol–water partition coefficient (Wildman–Crippen LogP) is 2.02. The SMILES string of the molecule is CC(=O)c1nn(-c2ccc(F)c(F)c2)c(C)cc1=O. The van der Waals surface area contributed by atoms with Crippen LogP contribution in [-0.4, -0.2) is 15.6 Å². The Bertz CT molecular complexity index is 723. The van der Waals surface area contributed by atoms with Crippen molar-refractivity contribution in [2.75, 3.05) is 0 Å². The number of rotatable bonds is 2. The van der Waals surface area contributed by atoms with E-state index in [0.717, 1.165) is 12.1 Å². The van der Waals surface area contributed by atoms with Crippen molar-refractivity contribution in [3.8, 4) is 5.69 Å². The standard InChI is InChI=1S/C13H10F2N2O2/c1-7-5-12(19)13(8(2)18)16-17(7)9-3-4-10(14)11(15)6-9/h3-6H,1-2H3. The molecule has 1 heterocycles. The Balaban J connectivity index is 2.68. The molecule has 98 valence electrons. The van der Waals surface area contributed by atoms with Crippen molar-refractivity contribution < 1.29 is 13.6 Å². The molecule has 0 atom stereocenters. The van der Waals surface area contributed by atoms with Crippen molar-refractivity contribution in [2.45, 2.75) is 13.8 Å². The molecule has 6 heteroatoms. The van der Waals surface area contributed by atoms with Crippen molar-refractivity contribution in [3.63, 3.8) is 0 Å². The van der Waals surface area contributed by atoms with E-state index in [9.17, 15) is 18.4 Å². The predicted molar refractivity (Wildman–Crippen MR) is 64.5 cm³/mol. The zero-order valence-electron chi connectivity index (χ0n) is 10.3. The summed E-state index contributed by atoms with van der Waals surface area (Å²) >= 11 is 0. The third kappa shape index (κ3) is 2.42.